The van der Waals surface area contributed by atoms with E-state index in [0.29, 0.717) is 13.1 Å². The lowest BCUT2D eigenvalue weighted by Gasteiger charge is -2.26. The number of amides is 1. The Labute approximate surface area is 107 Å². The smallest absolute Gasteiger partial charge is 0.234 e. The molecule has 2 rings (SSSR count). The fourth-order valence-corrected chi connectivity index (χ4v) is 2.17. The highest BCUT2D eigenvalue weighted by atomic mass is 16.5. The summed E-state index contributed by atoms with van der Waals surface area (Å²) >= 11 is 0. The monoisotopic (exact) mass is 249 g/mol. The van der Waals surface area contributed by atoms with E-state index in [-0.39, 0.29) is 5.91 Å². The molecule has 1 aliphatic heterocycles. The highest BCUT2D eigenvalue weighted by Crippen LogP contribution is 2.20. The van der Waals surface area contributed by atoms with E-state index in [1.165, 1.54) is 0 Å². The van der Waals surface area contributed by atoms with E-state index in [0.717, 1.165) is 36.5 Å². The number of ether oxygens (including phenoxy) is 1. The Balaban J connectivity index is 2.07. The molecule has 0 radical (unpaired) electrons. The van der Waals surface area contributed by atoms with E-state index >= 15 is 0 Å². The lowest BCUT2D eigenvalue weighted by atomic mass is 10.1. The van der Waals surface area contributed by atoms with Crippen molar-refractivity contribution in [3.63, 3.8) is 0 Å². The number of hydrogen-bond acceptors (Lipinski definition) is 4. The van der Waals surface area contributed by atoms with Crippen LogP contribution in [0.25, 0.3) is 0 Å². The third-order valence-electron chi connectivity index (χ3n) is 3.09. The molecule has 1 aromatic carbocycles. The van der Waals surface area contributed by atoms with Crippen LogP contribution in [0, 0.1) is 0 Å². The second-order valence-corrected chi connectivity index (χ2v) is 4.41. The van der Waals surface area contributed by atoms with Crippen LogP contribution < -0.4 is 15.8 Å². The van der Waals surface area contributed by atoms with Crippen LogP contribution in [-0.2, 0) is 17.9 Å². The molecule has 5 heteroatoms. The minimum absolute atomic E-state index is 0.0915. The zero-order valence-corrected chi connectivity index (χ0v) is 10.6. The average molecular weight is 249 g/mol. The van der Waals surface area contributed by atoms with E-state index in [1.807, 2.05) is 18.2 Å². The van der Waals surface area contributed by atoms with Gasteiger partial charge in [-0.05, 0) is 17.7 Å². The molecule has 98 valence electrons. The van der Waals surface area contributed by atoms with Gasteiger partial charge in [-0.3, -0.25) is 9.69 Å². The molecule has 1 amide bonds. The maximum atomic E-state index is 11.3. The van der Waals surface area contributed by atoms with Gasteiger partial charge in [0, 0.05) is 31.7 Å². The molecule has 0 aliphatic carbocycles. The Morgan fingerprint density at radius 1 is 1.50 bits per heavy atom. The quantitative estimate of drug-likeness (QED) is 0.793. The van der Waals surface area contributed by atoms with Gasteiger partial charge in [0.2, 0.25) is 5.91 Å². The molecule has 5 nitrogen and oxygen atoms in total. The van der Waals surface area contributed by atoms with Crippen LogP contribution in [0.15, 0.2) is 18.2 Å². The van der Waals surface area contributed by atoms with Gasteiger partial charge in [-0.15, -0.1) is 0 Å². The van der Waals surface area contributed by atoms with E-state index in [2.05, 4.69) is 10.2 Å². The van der Waals surface area contributed by atoms with Crippen LogP contribution in [0.3, 0.4) is 0 Å². The summed E-state index contributed by atoms with van der Waals surface area (Å²) in [7, 11) is 1.64. The molecular weight excluding hydrogens is 230 g/mol. The van der Waals surface area contributed by atoms with Crippen molar-refractivity contribution in [3.05, 3.63) is 29.3 Å². The molecule has 1 heterocycles. The molecule has 0 spiro atoms. The van der Waals surface area contributed by atoms with Crippen LogP contribution in [0.2, 0.25) is 0 Å². The van der Waals surface area contributed by atoms with Gasteiger partial charge in [0.05, 0.1) is 13.7 Å². The molecule has 1 saturated heterocycles. The van der Waals surface area contributed by atoms with E-state index in [4.69, 9.17) is 10.5 Å². The lowest BCUT2D eigenvalue weighted by molar-refractivity contribution is -0.124. The van der Waals surface area contributed by atoms with Crippen molar-refractivity contribution in [2.75, 3.05) is 26.7 Å². The lowest BCUT2D eigenvalue weighted by Crippen LogP contribution is -2.47. The second kappa shape index (κ2) is 5.84. The molecule has 0 saturated carbocycles. The number of nitrogens with zero attached hydrogens (tertiary/aromatic N) is 1. The standard InChI is InChI=1S/C13H19N3O2/c1-18-12-3-2-10(6-11(12)7-14)8-16-5-4-15-13(17)9-16/h2-3,6H,4-5,7-9,14H2,1H3,(H,15,17). The van der Waals surface area contributed by atoms with Gasteiger partial charge >= 0.3 is 0 Å². The summed E-state index contributed by atoms with van der Waals surface area (Å²) in [5.74, 6) is 0.909. The van der Waals surface area contributed by atoms with Gasteiger partial charge in [-0.1, -0.05) is 6.07 Å². The van der Waals surface area contributed by atoms with Crippen LogP contribution >= 0.6 is 0 Å². The van der Waals surface area contributed by atoms with Crippen molar-refractivity contribution < 1.29 is 9.53 Å². The number of hydrogen-bond donors (Lipinski definition) is 2. The summed E-state index contributed by atoms with van der Waals surface area (Å²) in [4.78, 5) is 13.4. The van der Waals surface area contributed by atoms with Gasteiger partial charge in [0.25, 0.3) is 0 Å². The molecule has 0 aromatic heterocycles. The first-order chi connectivity index (χ1) is 8.72. The minimum Gasteiger partial charge on any atom is -0.496 e. The van der Waals surface area contributed by atoms with Crippen LogP contribution in [0.5, 0.6) is 5.75 Å². The first-order valence-corrected chi connectivity index (χ1v) is 6.08. The number of carbonyl (C=O) groups excluding carboxylic acids is 1. The Hall–Kier alpha value is -1.59. The molecule has 0 bridgehead atoms. The Bertz CT molecular complexity index is 434. The largest absolute Gasteiger partial charge is 0.496 e. The van der Waals surface area contributed by atoms with E-state index in [9.17, 15) is 4.79 Å². The summed E-state index contributed by atoms with van der Waals surface area (Å²) in [5.41, 5.74) is 7.85. The maximum Gasteiger partial charge on any atom is 0.234 e. The summed E-state index contributed by atoms with van der Waals surface area (Å²) in [6.45, 7) is 3.29. The van der Waals surface area contributed by atoms with Gasteiger partial charge in [-0.25, -0.2) is 0 Å². The average Bonchev–Trinajstić information content (AvgIpc) is 2.38. The highest BCUT2D eigenvalue weighted by molar-refractivity contribution is 5.78. The third-order valence-corrected chi connectivity index (χ3v) is 3.09. The van der Waals surface area contributed by atoms with Gasteiger partial charge in [-0.2, -0.15) is 0 Å². The first kappa shape index (κ1) is 12.9. The van der Waals surface area contributed by atoms with Crippen molar-refractivity contribution in [1.82, 2.24) is 10.2 Å². The summed E-state index contributed by atoms with van der Waals surface area (Å²) in [6, 6.07) is 6.00. The second-order valence-electron chi connectivity index (χ2n) is 4.41. The van der Waals surface area contributed by atoms with Gasteiger partial charge in [0.1, 0.15) is 5.75 Å². The normalized spacial score (nSPS) is 16.4. The highest BCUT2D eigenvalue weighted by Gasteiger charge is 2.16. The van der Waals surface area contributed by atoms with Crippen molar-refractivity contribution in [2.24, 2.45) is 5.73 Å². The van der Waals surface area contributed by atoms with E-state index < -0.39 is 0 Å². The first-order valence-electron chi connectivity index (χ1n) is 6.08. The SMILES string of the molecule is COc1ccc(CN2CCNC(=O)C2)cc1CN. The number of rotatable bonds is 4. The Morgan fingerprint density at radius 3 is 3.00 bits per heavy atom. The molecule has 3 N–H and O–H groups in total. The van der Waals surface area contributed by atoms with Gasteiger partial charge in [0.15, 0.2) is 0 Å². The molecule has 0 unspecified atom stereocenters. The predicted octanol–water partition coefficient (Wildman–Crippen LogP) is 0.0857. The predicted molar refractivity (Wildman–Crippen MR) is 69.2 cm³/mol. The molecule has 1 fully saturated rings. The van der Waals surface area contributed by atoms with Crippen LogP contribution in [0.1, 0.15) is 11.1 Å². The van der Waals surface area contributed by atoms with Gasteiger partial charge < -0.3 is 15.8 Å². The van der Waals surface area contributed by atoms with E-state index in [1.54, 1.807) is 7.11 Å². The topological polar surface area (TPSA) is 67.6 Å². The number of methoxy groups -OCH3 is 1. The van der Waals surface area contributed by atoms with Crippen LogP contribution in [-0.4, -0.2) is 37.6 Å². The molecular formula is C13H19N3O2. The number of benzene rings is 1. The fraction of sp³-hybridized carbons (Fsp3) is 0.462. The molecule has 0 atom stereocenters. The third kappa shape index (κ3) is 3.00. The Morgan fingerprint density at radius 2 is 2.33 bits per heavy atom. The molecule has 1 aromatic rings. The zero-order chi connectivity index (χ0) is 13.0. The fourth-order valence-electron chi connectivity index (χ4n) is 2.17. The van der Waals surface area contributed by atoms with Crippen LogP contribution in [0.4, 0.5) is 0 Å². The Kier molecular flexibility index (Phi) is 4.17. The number of nitrogens with two attached hydrogens (primary N) is 1. The summed E-state index contributed by atoms with van der Waals surface area (Å²) < 4.78 is 5.24. The molecule has 1 aliphatic rings. The number of piperazine rings is 1. The summed E-state index contributed by atoms with van der Waals surface area (Å²) in [6.07, 6.45) is 0. The number of carbonyl (C=O) groups is 1. The van der Waals surface area contributed by atoms with Crippen molar-refractivity contribution >= 4 is 5.91 Å². The van der Waals surface area contributed by atoms with Crippen molar-refractivity contribution in [1.29, 1.82) is 0 Å². The molecule has 18 heavy (non-hydrogen) atoms. The number of nitrogens with one attached hydrogen (secondary N) is 1. The maximum absolute atomic E-state index is 11.3. The van der Waals surface area contributed by atoms with Crippen molar-refractivity contribution in [3.8, 4) is 5.75 Å². The minimum atomic E-state index is 0.0915. The summed E-state index contributed by atoms with van der Waals surface area (Å²) in [5, 5.41) is 2.82. The van der Waals surface area contributed by atoms with Crippen molar-refractivity contribution in [2.45, 2.75) is 13.1 Å². The zero-order valence-electron chi connectivity index (χ0n) is 10.6.